The van der Waals surface area contributed by atoms with E-state index in [1.54, 1.807) is 0 Å². The molecule has 1 heterocycles. The predicted octanol–water partition coefficient (Wildman–Crippen LogP) is 1.72. The van der Waals surface area contributed by atoms with Gasteiger partial charge < -0.3 is 16.0 Å². The molecule has 1 amide bonds. The van der Waals surface area contributed by atoms with Crippen LogP contribution in [0.4, 0.5) is 17.1 Å². The third-order valence-corrected chi connectivity index (χ3v) is 3.06. The minimum absolute atomic E-state index is 0.00253. The van der Waals surface area contributed by atoms with Gasteiger partial charge in [-0.25, -0.2) is 0 Å². The number of nitrogens with zero attached hydrogens (tertiary/aromatic N) is 1. The molecule has 1 aliphatic rings. The number of amides is 1. The fraction of sp³-hybridized carbons (Fsp3) is 0.462. The van der Waals surface area contributed by atoms with Crippen molar-refractivity contribution in [3.63, 3.8) is 0 Å². The van der Waals surface area contributed by atoms with Crippen molar-refractivity contribution < 1.29 is 9.72 Å². The van der Waals surface area contributed by atoms with Crippen LogP contribution in [0.2, 0.25) is 0 Å². The minimum atomic E-state index is -0.416. The van der Waals surface area contributed by atoms with E-state index in [4.69, 9.17) is 0 Å². The molecule has 1 unspecified atom stereocenters. The lowest BCUT2D eigenvalue weighted by Crippen LogP contribution is -2.22. The largest absolute Gasteiger partial charge is 0.385 e. The van der Waals surface area contributed by atoms with Gasteiger partial charge in [0.15, 0.2) is 0 Å². The van der Waals surface area contributed by atoms with E-state index < -0.39 is 4.92 Å². The Hall–Kier alpha value is -2.31. The summed E-state index contributed by atoms with van der Waals surface area (Å²) in [5.74, 6) is -0.00253. The van der Waals surface area contributed by atoms with Gasteiger partial charge >= 0.3 is 0 Å². The zero-order valence-corrected chi connectivity index (χ0v) is 11.3. The lowest BCUT2D eigenvalue weighted by atomic mass is 10.2. The summed E-state index contributed by atoms with van der Waals surface area (Å²) in [6.07, 6.45) is 1.33. The number of nitro benzene ring substituents is 1. The van der Waals surface area contributed by atoms with Crippen molar-refractivity contribution in [2.75, 3.05) is 23.7 Å². The smallest absolute Gasteiger partial charge is 0.273 e. The number of carbonyl (C=O) groups is 1. The summed E-state index contributed by atoms with van der Waals surface area (Å²) in [5.41, 5.74) is 1.39. The summed E-state index contributed by atoms with van der Waals surface area (Å²) in [5, 5.41) is 20.0. The molecule has 1 fully saturated rings. The number of hydrogen-bond acceptors (Lipinski definition) is 5. The van der Waals surface area contributed by atoms with Crippen LogP contribution < -0.4 is 16.0 Å². The van der Waals surface area contributed by atoms with Crippen molar-refractivity contribution >= 4 is 23.0 Å². The first-order valence-electron chi connectivity index (χ1n) is 6.65. The Morgan fingerprint density at radius 2 is 2.15 bits per heavy atom. The molecule has 108 valence electrons. The average molecular weight is 278 g/mol. The molecular formula is C13H18N4O3. The number of benzene rings is 1. The second kappa shape index (κ2) is 6.23. The Balaban J connectivity index is 2.15. The molecule has 0 bridgehead atoms. The van der Waals surface area contributed by atoms with Crippen molar-refractivity contribution in [3.8, 4) is 0 Å². The third kappa shape index (κ3) is 3.59. The first kappa shape index (κ1) is 14.1. The molecule has 0 radical (unpaired) electrons. The van der Waals surface area contributed by atoms with Crippen molar-refractivity contribution in [2.45, 2.75) is 25.8 Å². The van der Waals surface area contributed by atoms with Gasteiger partial charge in [-0.3, -0.25) is 14.9 Å². The van der Waals surface area contributed by atoms with E-state index >= 15 is 0 Å². The molecule has 20 heavy (non-hydrogen) atoms. The number of anilines is 2. The van der Waals surface area contributed by atoms with E-state index in [1.807, 2.05) is 13.0 Å². The summed E-state index contributed by atoms with van der Waals surface area (Å²) >= 11 is 0. The van der Waals surface area contributed by atoms with Gasteiger partial charge in [0.25, 0.3) is 5.69 Å². The van der Waals surface area contributed by atoms with E-state index in [0.717, 1.165) is 13.0 Å². The number of carbonyl (C=O) groups excluding carboxylic acids is 1. The standard InChI is InChI=1S/C13H18N4O3/c1-2-3-14-9-4-10(6-12(5-9)17(19)20)16-11-7-13(18)15-8-11/h4-6,11,14,16H,2-3,7-8H2,1H3,(H,15,18). The molecule has 1 aromatic carbocycles. The predicted molar refractivity (Wildman–Crippen MR) is 76.9 cm³/mol. The fourth-order valence-electron chi connectivity index (χ4n) is 2.11. The number of nitro groups is 1. The second-order valence-electron chi connectivity index (χ2n) is 4.80. The number of nitrogens with one attached hydrogen (secondary N) is 3. The van der Waals surface area contributed by atoms with Crippen LogP contribution in [0, 0.1) is 10.1 Å². The van der Waals surface area contributed by atoms with Crippen molar-refractivity contribution in [1.29, 1.82) is 0 Å². The van der Waals surface area contributed by atoms with Crippen LogP contribution >= 0.6 is 0 Å². The van der Waals surface area contributed by atoms with Crippen molar-refractivity contribution in [1.82, 2.24) is 5.32 Å². The quantitative estimate of drug-likeness (QED) is 0.544. The van der Waals surface area contributed by atoms with Crippen LogP contribution in [0.3, 0.4) is 0 Å². The van der Waals surface area contributed by atoms with Gasteiger partial charge in [0, 0.05) is 43.0 Å². The molecular weight excluding hydrogens is 260 g/mol. The Morgan fingerprint density at radius 1 is 1.40 bits per heavy atom. The number of rotatable bonds is 6. The van der Waals surface area contributed by atoms with Crippen LogP contribution in [0.25, 0.3) is 0 Å². The molecule has 0 spiro atoms. The Bertz CT molecular complexity index is 518. The first-order valence-corrected chi connectivity index (χ1v) is 6.65. The van der Waals surface area contributed by atoms with Crippen molar-refractivity contribution in [2.24, 2.45) is 0 Å². The van der Waals surface area contributed by atoms with Gasteiger partial charge in [-0.2, -0.15) is 0 Å². The SMILES string of the molecule is CCCNc1cc(NC2CNC(=O)C2)cc([N+](=O)[O-])c1. The number of hydrogen-bond donors (Lipinski definition) is 3. The molecule has 2 rings (SSSR count). The van der Waals surface area contributed by atoms with Crippen molar-refractivity contribution in [3.05, 3.63) is 28.3 Å². The highest BCUT2D eigenvalue weighted by atomic mass is 16.6. The van der Waals surface area contributed by atoms with Gasteiger partial charge in [0.1, 0.15) is 0 Å². The van der Waals surface area contributed by atoms with E-state index in [1.165, 1.54) is 12.1 Å². The normalized spacial score (nSPS) is 17.6. The Kier molecular flexibility index (Phi) is 4.39. The van der Waals surface area contributed by atoms with Gasteiger partial charge in [0.2, 0.25) is 5.91 Å². The van der Waals surface area contributed by atoms with Crippen LogP contribution in [0.15, 0.2) is 18.2 Å². The molecule has 7 nitrogen and oxygen atoms in total. The molecule has 1 aliphatic heterocycles. The summed E-state index contributed by atoms with van der Waals surface area (Å²) in [6, 6.07) is 4.80. The van der Waals surface area contributed by atoms with E-state index in [2.05, 4.69) is 16.0 Å². The monoisotopic (exact) mass is 278 g/mol. The highest BCUT2D eigenvalue weighted by Crippen LogP contribution is 2.25. The van der Waals surface area contributed by atoms with Gasteiger partial charge in [-0.05, 0) is 12.5 Å². The first-order chi connectivity index (χ1) is 9.58. The third-order valence-electron chi connectivity index (χ3n) is 3.06. The van der Waals surface area contributed by atoms with E-state index in [-0.39, 0.29) is 17.6 Å². The van der Waals surface area contributed by atoms with E-state index in [0.29, 0.717) is 24.3 Å². The lowest BCUT2D eigenvalue weighted by molar-refractivity contribution is -0.384. The summed E-state index contributed by atoms with van der Waals surface area (Å²) in [6.45, 7) is 3.32. The Labute approximate surface area is 116 Å². The number of non-ortho nitro benzene ring substituents is 1. The zero-order valence-electron chi connectivity index (χ0n) is 11.3. The highest BCUT2D eigenvalue weighted by molar-refractivity contribution is 5.80. The van der Waals surface area contributed by atoms with Gasteiger partial charge in [0.05, 0.1) is 11.0 Å². The molecule has 7 heteroatoms. The average Bonchev–Trinajstić information content (AvgIpc) is 2.81. The fourth-order valence-corrected chi connectivity index (χ4v) is 2.11. The maximum atomic E-state index is 11.2. The van der Waals surface area contributed by atoms with Crippen LogP contribution in [0.1, 0.15) is 19.8 Å². The maximum absolute atomic E-state index is 11.2. The summed E-state index contributed by atoms with van der Waals surface area (Å²) in [7, 11) is 0. The van der Waals surface area contributed by atoms with Gasteiger partial charge in [-0.15, -0.1) is 0 Å². The molecule has 3 N–H and O–H groups in total. The molecule has 1 saturated heterocycles. The molecule has 0 aliphatic carbocycles. The summed E-state index contributed by atoms with van der Waals surface area (Å²) < 4.78 is 0. The zero-order chi connectivity index (χ0) is 14.5. The van der Waals surface area contributed by atoms with Gasteiger partial charge in [-0.1, -0.05) is 6.92 Å². The molecule has 0 aromatic heterocycles. The Morgan fingerprint density at radius 3 is 2.75 bits per heavy atom. The lowest BCUT2D eigenvalue weighted by Gasteiger charge is -2.13. The maximum Gasteiger partial charge on any atom is 0.273 e. The molecule has 0 saturated carbocycles. The highest BCUT2D eigenvalue weighted by Gasteiger charge is 2.21. The minimum Gasteiger partial charge on any atom is -0.385 e. The van der Waals surface area contributed by atoms with Crippen LogP contribution in [-0.2, 0) is 4.79 Å². The molecule has 1 atom stereocenters. The molecule has 1 aromatic rings. The summed E-state index contributed by atoms with van der Waals surface area (Å²) in [4.78, 5) is 21.7. The second-order valence-corrected chi connectivity index (χ2v) is 4.80. The van der Waals surface area contributed by atoms with Crippen LogP contribution in [-0.4, -0.2) is 30.0 Å². The topological polar surface area (TPSA) is 96.3 Å². The van der Waals surface area contributed by atoms with E-state index in [9.17, 15) is 14.9 Å². The van der Waals surface area contributed by atoms with Crippen LogP contribution in [0.5, 0.6) is 0 Å².